The molecule has 1 aromatic heterocycles. The second-order valence-corrected chi connectivity index (χ2v) is 11.1. The number of benzene rings is 2. The normalized spacial score (nSPS) is 12.5. The number of methoxy groups -OCH3 is 1. The Hall–Kier alpha value is -3.70. The maximum Gasteiger partial charge on any atom is 0.341 e. The summed E-state index contributed by atoms with van der Waals surface area (Å²) < 4.78 is 17.3. The van der Waals surface area contributed by atoms with Crippen LogP contribution in [0.1, 0.15) is 57.3 Å². The molecule has 4 rings (SSSR count). The number of fused-ring (bicyclic) bond motifs is 1. The van der Waals surface area contributed by atoms with Gasteiger partial charge in [-0.3, -0.25) is 9.59 Å². The molecule has 11 heteroatoms. The summed E-state index contributed by atoms with van der Waals surface area (Å²) in [5.74, 6) is -1.40. The van der Waals surface area contributed by atoms with Crippen molar-refractivity contribution in [2.75, 3.05) is 19.0 Å². The summed E-state index contributed by atoms with van der Waals surface area (Å²) in [4.78, 5) is 38.7. The summed E-state index contributed by atoms with van der Waals surface area (Å²) >= 11 is 4.81. The third-order valence-electron chi connectivity index (χ3n) is 6.22. The van der Waals surface area contributed by atoms with Gasteiger partial charge in [0.2, 0.25) is 0 Å². The third-order valence-corrected chi connectivity index (χ3v) is 8.02. The van der Waals surface area contributed by atoms with Crippen LogP contribution < -0.4 is 20.2 Å². The Morgan fingerprint density at radius 2 is 1.85 bits per heavy atom. The molecule has 0 aliphatic heterocycles. The molecule has 9 nitrogen and oxygen atoms in total. The molecule has 0 spiro atoms. The summed E-state index contributed by atoms with van der Waals surface area (Å²) in [7, 11) is 1.53. The Bertz CT molecular complexity index is 1430. The number of aryl methyl sites for hydroxylation is 2. The Balaban J connectivity index is 1.40. The molecule has 1 aliphatic carbocycles. The van der Waals surface area contributed by atoms with Gasteiger partial charge in [-0.2, -0.15) is 5.10 Å². The van der Waals surface area contributed by atoms with E-state index in [1.807, 2.05) is 31.2 Å². The SMILES string of the molecule is CCOC(=O)c1c(NC(=O)C(=O)NN=Cc2cc(Br)c(OCc3ccc(C)cc3)c(OC)c2)sc2c1CCCC2. The van der Waals surface area contributed by atoms with E-state index in [1.165, 1.54) is 30.2 Å². The lowest BCUT2D eigenvalue weighted by Crippen LogP contribution is -2.32. The number of esters is 1. The minimum Gasteiger partial charge on any atom is -0.493 e. The molecule has 0 fully saturated rings. The summed E-state index contributed by atoms with van der Waals surface area (Å²) in [6, 6.07) is 11.5. The number of carbonyl (C=O) groups is 3. The Morgan fingerprint density at radius 3 is 2.58 bits per heavy atom. The molecule has 0 saturated carbocycles. The second kappa shape index (κ2) is 13.6. The standard InChI is InChI=1S/C29H30BrN3O6S/c1-4-38-29(36)24-20-7-5-6-8-23(20)40-28(24)32-26(34)27(35)33-31-15-19-13-21(30)25(22(14-19)37-3)39-16-18-11-9-17(2)10-12-18/h9-15H,4-8,16H2,1-3H3,(H,32,34)(H,33,35). The van der Waals surface area contributed by atoms with Crippen molar-refractivity contribution in [3.63, 3.8) is 0 Å². The van der Waals surface area contributed by atoms with Crippen LogP contribution in [0.25, 0.3) is 0 Å². The fourth-order valence-corrected chi connectivity index (χ4v) is 6.09. The van der Waals surface area contributed by atoms with E-state index in [4.69, 9.17) is 14.2 Å². The zero-order valence-corrected chi connectivity index (χ0v) is 24.9. The first-order valence-corrected chi connectivity index (χ1v) is 14.4. The fraction of sp³-hybridized carbons (Fsp3) is 0.310. The minimum absolute atomic E-state index is 0.215. The van der Waals surface area contributed by atoms with E-state index < -0.39 is 17.8 Å². The maximum atomic E-state index is 12.6. The molecular formula is C29H30BrN3O6S. The van der Waals surface area contributed by atoms with Gasteiger partial charge in [-0.05, 0) is 84.3 Å². The topological polar surface area (TPSA) is 115 Å². The zero-order valence-electron chi connectivity index (χ0n) is 22.5. The van der Waals surface area contributed by atoms with E-state index in [-0.39, 0.29) is 6.61 Å². The summed E-state index contributed by atoms with van der Waals surface area (Å²) in [5.41, 5.74) is 6.25. The van der Waals surface area contributed by atoms with Crippen LogP contribution in [-0.4, -0.2) is 37.7 Å². The van der Waals surface area contributed by atoms with Crippen molar-refractivity contribution in [3.05, 3.63) is 73.6 Å². The van der Waals surface area contributed by atoms with Gasteiger partial charge in [0.15, 0.2) is 11.5 Å². The number of ether oxygens (including phenoxy) is 3. The van der Waals surface area contributed by atoms with E-state index >= 15 is 0 Å². The number of halogens is 1. The van der Waals surface area contributed by atoms with Gasteiger partial charge >= 0.3 is 17.8 Å². The maximum absolute atomic E-state index is 12.6. The largest absolute Gasteiger partial charge is 0.493 e. The molecule has 2 amide bonds. The number of thiophene rings is 1. The third kappa shape index (κ3) is 7.08. The fourth-order valence-electron chi connectivity index (χ4n) is 4.24. The van der Waals surface area contributed by atoms with Crippen LogP contribution in [-0.2, 0) is 33.8 Å². The van der Waals surface area contributed by atoms with Gasteiger partial charge in [0.05, 0.1) is 30.0 Å². The quantitative estimate of drug-likeness (QED) is 0.139. The molecule has 1 aliphatic rings. The van der Waals surface area contributed by atoms with Crippen molar-refractivity contribution >= 4 is 56.3 Å². The van der Waals surface area contributed by atoms with Gasteiger partial charge in [0, 0.05) is 4.88 Å². The van der Waals surface area contributed by atoms with Gasteiger partial charge in [-0.1, -0.05) is 29.8 Å². The van der Waals surface area contributed by atoms with E-state index in [1.54, 1.807) is 19.1 Å². The molecule has 2 aromatic carbocycles. The van der Waals surface area contributed by atoms with Gasteiger partial charge in [0.25, 0.3) is 0 Å². The predicted molar refractivity (Wildman–Crippen MR) is 157 cm³/mol. The number of hydrogen-bond donors (Lipinski definition) is 2. The van der Waals surface area contributed by atoms with Crippen molar-refractivity contribution in [3.8, 4) is 11.5 Å². The number of carbonyl (C=O) groups excluding carboxylic acids is 3. The van der Waals surface area contributed by atoms with E-state index in [0.29, 0.717) is 38.7 Å². The lowest BCUT2D eigenvalue weighted by atomic mass is 9.95. The first-order chi connectivity index (χ1) is 19.3. The number of anilines is 1. The number of nitrogens with zero attached hydrogens (tertiary/aromatic N) is 1. The van der Waals surface area contributed by atoms with Gasteiger partial charge in [-0.15, -0.1) is 11.3 Å². The Kier molecular flexibility index (Phi) is 9.94. The lowest BCUT2D eigenvalue weighted by Gasteiger charge is -2.13. The predicted octanol–water partition coefficient (Wildman–Crippen LogP) is 5.55. The van der Waals surface area contributed by atoms with E-state index in [0.717, 1.165) is 41.7 Å². The molecule has 210 valence electrons. The Morgan fingerprint density at radius 1 is 1.10 bits per heavy atom. The highest BCUT2D eigenvalue weighted by molar-refractivity contribution is 9.10. The van der Waals surface area contributed by atoms with Crippen molar-refractivity contribution in [1.82, 2.24) is 5.43 Å². The molecule has 40 heavy (non-hydrogen) atoms. The van der Waals surface area contributed by atoms with Crippen molar-refractivity contribution in [2.24, 2.45) is 5.10 Å². The van der Waals surface area contributed by atoms with Gasteiger partial charge < -0.3 is 19.5 Å². The zero-order chi connectivity index (χ0) is 28.6. The minimum atomic E-state index is -0.971. The summed E-state index contributed by atoms with van der Waals surface area (Å²) in [6.45, 7) is 4.32. The lowest BCUT2D eigenvalue weighted by molar-refractivity contribution is -0.136. The van der Waals surface area contributed by atoms with Crippen molar-refractivity contribution in [1.29, 1.82) is 0 Å². The highest BCUT2D eigenvalue weighted by atomic mass is 79.9. The average Bonchev–Trinajstić information content (AvgIpc) is 3.31. The molecule has 0 bridgehead atoms. The monoisotopic (exact) mass is 627 g/mol. The van der Waals surface area contributed by atoms with E-state index in [2.05, 4.69) is 31.8 Å². The first kappa shape index (κ1) is 29.3. The molecule has 0 atom stereocenters. The summed E-state index contributed by atoms with van der Waals surface area (Å²) in [6.07, 6.45) is 4.92. The smallest absolute Gasteiger partial charge is 0.341 e. The van der Waals surface area contributed by atoms with Crippen LogP contribution in [0.3, 0.4) is 0 Å². The highest BCUT2D eigenvalue weighted by Crippen LogP contribution is 2.39. The van der Waals surface area contributed by atoms with Gasteiger partial charge in [-0.25, -0.2) is 10.2 Å². The number of hydrogen-bond acceptors (Lipinski definition) is 8. The number of nitrogens with one attached hydrogen (secondary N) is 2. The van der Waals surface area contributed by atoms with Gasteiger partial charge in [0.1, 0.15) is 11.6 Å². The van der Waals surface area contributed by atoms with Crippen LogP contribution in [0.4, 0.5) is 5.00 Å². The molecule has 2 N–H and O–H groups in total. The van der Waals surface area contributed by atoms with E-state index in [9.17, 15) is 14.4 Å². The molecular weight excluding hydrogens is 598 g/mol. The number of hydrazone groups is 1. The average molecular weight is 629 g/mol. The molecule has 3 aromatic rings. The Labute approximate surface area is 245 Å². The molecule has 0 unspecified atom stereocenters. The first-order valence-electron chi connectivity index (χ1n) is 12.8. The van der Waals surface area contributed by atoms with Crippen LogP contribution >= 0.6 is 27.3 Å². The van der Waals surface area contributed by atoms with Crippen LogP contribution in [0.15, 0.2) is 46.0 Å². The molecule has 0 saturated heterocycles. The van der Waals surface area contributed by atoms with Crippen molar-refractivity contribution in [2.45, 2.75) is 46.1 Å². The number of rotatable bonds is 9. The number of amides is 2. The molecule has 1 heterocycles. The second-order valence-electron chi connectivity index (χ2n) is 9.10. The highest BCUT2D eigenvalue weighted by Gasteiger charge is 2.28. The van der Waals surface area contributed by atoms with Crippen LogP contribution in [0, 0.1) is 6.92 Å². The van der Waals surface area contributed by atoms with Crippen LogP contribution in [0.2, 0.25) is 0 Å². The molecule has 0 radical (unpaired) electrons. The van der Waals surface area contributed by atoms with Crippen LogP contribution in [0.5, 0.6) is 11.5 Å². The van der Waals surface area contributed by atoms with Crippen molar-refractivity contribution < 1.29 is 28.6 Å². The summed E-state index contributed by atoms with van der Waals surface area (Å²) in [5, 5.41) is 6.81.